The topological polar surface area (TPSA) is 78.4 Å². The maximum atomic E-state index is 11.9. The van der Waals surface area contributed by atoms with Crippen LogP contribution in [-0.2, 0) is 9.59 Å². The van der Waals surface area contributed by atoms with Crippen molar-refractivity contribution in [2.75, 3.05) is 13.2 Å². The Bertz CT molecular complexity index is 480. The van der Waals surface area contributed by atoms with Crippen LogP contribution in [0.25, 0.3) is 0 Å². The Morgan fingerprint density at radius 3 is 2.36 bits per heavy atom. The molecule has 2 amide bonds. The molecule has 0 spiro atoms. The number of nitrogens with one attached hydrogen (secondary N) is 2. The number of carbonyl (C=O) groups excluding carboxylic acids is 2. The highest BCUT2D eigenvalue weighted by Gasteiger charge is 2.20. The van der Waals surface area contributed by atoms with E-state index in [0.717, 1.165) is 5.56 Å². The first-order valence-electron chi connectivity index (χ1n) is 7.58. The van der Waals surface area contributed by atoms with Gasteiger partial charge in [-0.05, 0) is 12.0 Å². The van der Waals surface area contributed by atoms with Gasteiger partial charge in [0.15, 0.2) is 0 Å². The van der Waals surface area contributed by atoms with E-state index in [0.29, 0.717) is 19.4 Å². The number of benzene rings is 1. The lowest BCUT2D eigenvalue weighted by Crippen LogP contribution is -2.36. The van der Waals surface area contributed by atoms with E-state index in [1.54, 1.807) is 0 Å². The second kappa shape index (κ2) is 8.54. The zero-order valence-electron chi connectivity index (χ0n) is 13.6. The first kappa shape index (κ1) is 18.2. The summed E-state index contributed by atoms with van der Waals surface area (Å²) in [6.07, 6.45) is 0.883. The molecule has 0 radical (unpaired) electrons. The third-order valence-corrected chi connectivity index (χ3v) is 3.27. The van der Waals surface area contributed by atoms with Gasteiger partial charge in [0, 0.05) is 18.4 Å². The van der Waals surface area contributed by atoms with Crippen molar-refractivity contribution in [1.82, 2.24) is 10.6 Å². The molecule has 0 aliphatic rings. The van der Waals surface area contributed by atoms with Gasteiger partial charge in [0.1, 0.15) is 0 Å². The number of amides is 2. The Hall–Kier alpha value is -1.88. The third-order valence-electron chi connectivity index (χ3n) is 3.27. The molecule has 1 aromatic rings. The second-order valence-electron chi connectivity index (χ2n) is 6.32. The van der Waals surface area contributed by atoms with Crippen LogP contribution in [0.15, 0.2) is 30.3 Å². The molecular weight excluding hydrogens is 280 g/mol. The van der Waals surface area contributed by atoms with Gasteiger partial charge in [-0.15, -0.1) is 0 Å². The molecule has 1 atom stereocenters. The minimum atomic E-state index is -0.419. The van der Waals surface area contributed by atoms with E-state index in [1.807, 2.05) is 51.1 Å². The molecule has 3 N–H and O–H groups in total. The molecule has 122 valence electrons. The lowest BCUT2D eigenvalue weighted by Gasteiger charge is -2.18. The first-order chi connectivity index (χ1) is 10.3. The summed E-state index contributed by atoms with van der Waals surface area (Å²) in [5.41, 5.74) is 0.455. The Labute approximate surface area is 132 Å². The maximum Gasteiger partial charge on any atom is 0.225 e. The highest BCUT2D eigenvalue weighted by molar-refractivity contribution is 5.81. The van der Waals surface area contributed by atoms with Crippen LogP contribution in [0.3, 0.4) is 0 Å². The predicted octanol–water partition coefficient (Wildman–Crippen LogP) is 1.78. The molecule has 5 nitrogen and oxygen atoms in total. The fourth-order valence-corrected chi connectivity index (χ4v) is 1.90. The standard InChI is InChI=1S/C17H26N2O3/c1-17(2,3)16(22)18-11-7-10-15(21)19-14(12-20)13-8-5-4-6-9-13/h4-6,8-9,14,20H,7,10-12H2,1-3H3,(H,18,22)(H,19,21). The lowest BCUT2D eigenvalue weighted by atomic mass is 9.96. The van der Waals surface area contributed by atoms with Gasteiger partial charge >= 0.3 is 0 Å². The molecule has 0 fully saturated rings. The SMILES string of the molecule is CC(C)(C)C(=O)NCCCC(=O)NC(CO)c1ccccc1. The molecule has 0 saturated heterocycles. The van der Waals surface area contributed by atoms with Crippen molar-refractivity contribution in [3.8, 4) is 0 Å². The van der Waals surface area contributed by atoms with E-state index >= 15 is 0 Å². The van der Waals surface area contributed by atoms with E-state index in [-0.39, 0.29) is 18.4 Å². The van der Waals surface area contributed by atoms with Crippen LogP contribution < -0.4 is 10.6 Å². The Kier molecular flexibility index (Phi) is 7.05. The first-order valence-corrected chi connectivity index (χ1v) is 7.58. The number of aliphatic hydroxyl groups excluding tert-OH is 1. The molecule has 0 aromatic heterocycles. The number of aliphatic hydroxyl groups is 1. The van der Waals surface area contributed by atoms with E-state index in [9.17, 15) is 14.7 Å². The van der Waals surface area contributed by atoms with Crippen LogP contribution in [0.5, 0.6) is 0 Å². The second-order valence-corrected chi connectivity index (χ2v) is 6.32. The van der Waals surface area contributed by atoms with Crippen LogP contribution in [0.1, 0.15) is 45.2 Å². The summed E-state index contributed by atoms with van der Waals surface area (Å²) in [4.78, 5) is 23.6. The highest BCUT2D eigenvalue weighted by Crippen LogP contribution is 2.13. The summed E-state index contributed by atoms with van der Waals surface area (Å²) in [5.74, 6) is -0.154. The van der Waals surface area contributed by atoms with Crippen molar-refractivity contribution in [1.29, 1.82) is 0 Å². The zero-order valence-corrected chi connectivity index (χ0v) is 13.6. The van der Waals surface area contributed by atoms with Crippen molar-refractivity contribution >= 4 is 11.8 Å². The fourth-order valence-electron chi connectivity index (χ4n) is 1.90. The van der Waals surface area contributed by atoms with Crippen molar-refractivity contribution in [3.05, 3.63) is 35.9 Å². The van der Waals surface area contributed by atoms with Gasteiger partial charge in [0.05, 0.1) is 12.6 Å². The smallest absolute Gasteiger partial charge is 0.225 e. The average Bonchev–Trinajstić information content (AvgIpc) is 2.48. The molecular formula is C17H26N2O3. The van der Waals surface area contributed by atoms with E-state index in [2.05, 4.69) is 10.6 Å². The van der Waals surface area contributed by atoms with Crippen molar-refractivity contribution in [2.45, 2.75) is 39.7 Å². The van der Waals surface area contributed by atoms with Crippen LogP contribution in [0.4, 0.5) is 0 Å². The Morgan fingerprint density at radius 1 is 1.18 bits per heavy atom. The molecule has 0 bridgehead atoms. The summed E-state index contributed by atoms with van der Waals surface area (Å²) >= 11 is 0. The number of rotatable bonds is 7. The third kappa shape index (κ3) is 6.26. The maximum absolute atomic E-state index is 11.9. The van der Waals surface area contributed by atoms with Crippen molar-refractivity contribution in [3.63, 3.8) is 0 Å². The molecule has 0 aliphatic carbocycles. The highest BCUT2D eigenvalue weighted by atomic mass is 16.3. The number of hydrogen-bond acceptors (Lipinski definition) is 3. The predicted molar refractivity (Wildman–Crippen MR) is 86.1 cm³/mol. The fraction of sp³-hybridized carbons (Fsp3) is 0.529. The average molecular weight is 306 g/mol. The molecule has 22 heavy (non-hydrogen) atoms. The van der Waals surface area contributed by atoms with Gasteiger partial charge in [-0.2, -0.15) is 0 Å². The van der Waals surface area contributed by atoms with Crippen LogP contribution in [-0.4, -0.2) is 30.1 Å². The van der Waals surface area contributed by atoms with Gasteiger partial charge in [-0.25, -0.2) is 0 Å². The van der Waals surface area contributed by atoms with Gasteiger partial charge in [0.25, 0.3) is 0 Å². The largest absolute Gasteiger partial charge is 0.394 e. The lowest BCUT2D eigenvalue weighted by molar-refractivity contribution is -0.128. The Morgan fingerprint density at radius 2 is 1.82 bits per heavy atom. The molecule has 0 aliphatic heterocycles. The molecule has 5 heteroatoms. The quantitative estimate of drug-likeness (QED) is 0.672. The minimum Gasteiger partial charge on any atom is -0.394 e. The molecule has 1 rings (SSSR count). The zero-order chi connectivity index (χ0) is 16.6. The monoisotopic (exact) mass is 306 g/mol. The van der Waals surface area contributed by atoms with Crippen LogP contribution in [0, 0.1) is 5.41 Å². The molecule has 1 aromatic carbocycles. The van der Waals surface area contributed by atoms with E-state index in [4.69, 9.17) is 0 Å². The van der Waals surface area contributed by atoms with Crippen molar-refractivity contribution < 1.29 is 14.7 Å². The van der Waals surface area contributed by atoms with Gasteiger partial charge < -0.3 is 15.7 Å². The number of carbonyl (C=O) groups is 2. The minimum absolute atomic E-state index is 0.0228. The summed E-state index contributed by atoms with van der Waals surface area (Å²) in [6, 6.07) is 8.96. The van der Waals surface area contributed by atoms with E-state index in [1.165, 1.54) is 0 Å². The summed E-state index contributed by atoms with van der Waals surface area (Å²) < 4.78 is 0. The summed E-state index contributed by atoms with van der Waals surface area (Å²) in [7, 11) is 0. The van der Waals surface area contributed by atoms with Gasteiger partial charge in [-0.1, -0.05) is 51.1 Å². The normalized spacial score (nSPS) is 12.5. The van der Waals surface area contributed by atoms with E-state index < -0.39 is 11.5 Å². The molecule has 0 heterocycles. The van der Waals surface area contributed by atoms with Gasteiger partial charge in [-0.3, -0.25) is 9.59 Å². The number of hydrogen-bond donors (Lipinski definition) is 3. The Balaban J connectivity index is 2.32. The summed E-state index contributed by atoms with van der Waals surface area (Å²) in [6.45, 7) is 5.87. The molecule has 0 saturated carbocycles. The summed E-state index contributed by atoms with van der Waals surface area (Å²) in [5, 5.41) is 15.0. The molecule has 1 unspecified atom stereocenters. The van der Waals surface area contributed by atoms with Crippen molar-refractivity contribution in [2.24, 2.45) is 5.41 Å². The van der Waals surface area contributed by atoms with Gasteiger partial charge in [0.2, 0.25) is 11.8 Å². The van der Waals surface area contributed by atoms with Crippen LogP contribution in [0.2, 0.25) is 0 Å². The van der Waals surface area contributed by atoms with Crippen LogP contribution >= 0.6 is 0 Å².